The van der Waals surface area contributed by atoms with Crippen LogP contribution in [0.15, 0.2) is 6.07 Å². The van der Waals surface area contributed by atoms with Crippen molar-refractivity contribution < 1.29 is 4.74 Å². The van der Waals surface area contributed by atoms with Crippen LogP contribution in [0, 0.1) is 20.8 Å². The largest absolute Gasteiger partial charge is 0.496 e. The fraction of sp³-hybridized carbons (Fsp3) is 0.625. The Morgan fingerprint density at radius 3 is 2.39 bits per heavy atom. The van der Waals surface area contributed by atoms with E-state index in [1.54, 1.807) is 7.11 Å². The van der Waals surface area contributed by atoms with E-state index in [4.69, 9.17) is 10.5 Å². The Morgan fingerprint density at radius 2 is 1.89 bits per heavy atom. The third kappa shape index (κ3) is 3.05. The number of benzene rings is 1. The van der Waals surface area contributed by atoms with Crippen LogP contribution in [0.25, 0.3) is 0 Å². The van der Waals surface area contributed by atoms with Gasteiger partial charge in [0.05, 0.1) is 7.11 Å². The summed E-state index contributed by atoms with van der Waals surface area (Å²) in [6.07, 6.45) is 3.45. The van der Waals surface area contributed by atoms with Crippen molar-refractivity contribution in [3.63, 3.8) is 0 Å². The highest BCUT2D eigenvalue weighted by atomic mass is 16.5. The van der Waals surface area contributed by atoms with E-state index in [1.807, 2.05) is 0 Å². The molecule has 2 heteroatoms. The predicted molar refractivity (Wildman–Crippen MR) is 78.5 cm³/mol. The second kappa shape index (κ2) is 6.79. The SMILES string of the molecule is CCC(CCCN)c1c(C)cc(OC)c(C)c1C. The van der Waals surface area contributed by atoms with Crippen molar-refractivity contribution in [2.24, 2.45) is 5.73 Å². The lowest BCUT2D eigenvalue weighted by Gasteiger charge is -2.23. The zero-order chi connectivity index (χ0) is 13.7. The van der Waals surface area contributed by atoms with E-state index in [0.29, 0.717) is 5.92 Å². The third-order valence-corrected chi connectivity index (χ3v) is 3.99. The molecule has 2 nitrogen and oxygen atoms in total. The molecule has 0 radical (unpaired) electrons. The number of hydrogen-bond donors (Lipinski definition) is 1. The Labute approximate surface area is 112 Å². The maximum absolute atomic E-state index is 5.64. The molecule has 1 unspecified atom stereocenters. The highest BCUT2D eigenvalue weighted by Gasteiger charge is 2.17. The van der Waals surface area contributed by atoms with Crippen molar-refractivity contribution in [3.8, 4) is 5.75 Å². The van der Waals surface area contributed by atoms with Crippen LogP contribution in [0.2, 0.25) is 0 Å². The first-order valence-corrected chi connectivity index (χ1v) is 6.91. The monoisotopic (exact) mass is 249 g/mol. The van der Waals surface area contributed by atoms with E-state index in [9.17, 15) is 0 Å². The van der Waals surface area contributed by atoms with Crippen LogP contribution in [0.3, 0.4) is 0 Å². The molecular formula is C16H27NO. The van der Waals surface area contributed by atoms with Crippen molar-refractivity contribution in [2.45, 2.75) is 52.9 Å². The second-order valence-corrected chi connectivity index (χ2v) is 5.10. The quantitative estimate of drug-likeness (QED) is 0.831. The summed E-state index contributed by atoms with van der Waals surface area (Å²) in [7, 11) is 1.74. The van der Waals surface area contributed by atoms with Crippen molar-refractivity contribution in [3.05, 3.63) is 28.3 Å². The van der Waals surface area contributed by atoms with Crippen LogP contribution in [0.1, 0.15) is 54.4 Å². The molecule has 0 aliphatic heterocycles. The first-order chi connectivity index (χ1) is 8.56. The normalized spacial score (nSPS) is 12.6. The summed E-state index contributed by atoms with van der Waals surface area (Å²) in [5, 5.41) is 0. The number of hydrogen-bond acceptors (Lipinski definition) is 2. The summed E-state index contributed by atoms with van der Waals surface area (Å²) < 4.78 is 5.44. The van der Waals surface area contributed by atoms with Crippen LogP contribution in [0.5, 0.6) is 5.75 Å². The van der Waals surface area contributed by atoms with Gasteiger partial charge in [-0.3, -0.25) is 0 Å². The van der Waals surface area contributed by atoms with Gasteiger partial charge in [0.2, 0.25) is 0 Å². The minimum absolute atomic E-state index is 0.623. The molecule has 0 saturated heterocycles. The fourth-order valence-corrected chi connectivity index (χ4v) is 2.82. The van der Waals surface area contributed by atoms with Crippen molar-refractivity contribution in [1.82, 2.24) is 0 Å². The Morgan fingerprint density at radius 1 is 1.22 bits per heavy atom. The van der Waals surface area contributed by atoms with Crippen LogP contribution >= 0.6 is 0 Å². The number of nitrogens with two attached hydrogens (primary N) is 1. The molecule has 0 heterocycles. The molecule has 1 aromatic rings. The summed E-state index contributed by atoms with van der Waals surface area (Å²) in [6.45, 7) is 9.59. The lowest BCUT2D eigenvalue weighted by atomic mass is 9.84. The Hall–Kier alpha value is -1.02. The Bertz CT molecular complexity index is 399. The summed E-state index contributed by atoms with van der Waals surface area (Å²) >= 11 is 0. The molecule has 0 bridgehead atoms. The topological polar surface area (TPSA) is 35.2 Å². The van der Waals surface area contributed by atoms with Gasteiger partial charge in [-0.1, -0.05) is 6.92 Å². The minimum atomic E-state index is 0.623. The van der Waals surface area contributed by atoms with E-state index in [0.717, 1.165) is 18.7 Å². The van der Waals surface area contributed by atoms with Gasteiger partial charge in [-0.25, -0.2) is 0 Å². The molecular weight excluding hydrogens is 222 g/mol. The second-order valence-electron chi connectivity index (χ2n) is 5.10. The third-order valence-electron chi connectivity index (χ3n) is 3.99. The lowest BCUT2D eigenvalue weighted by molar-refractivity contribution is 0.410. The number of ether oxygens (including phenoxy) is 1. The molecule has 1 aromatic carbocycles. The molecule has 102 valence electrons. The fourth-order valence-electron chi connectivity index (χ4n) is 2.82. The summed E-state index contributed by atoms with van der Waals surface area (Å²) in [4.78, 5) is 0. The van der Waals surface area contributed by atoms with Crippen molar-refractivity contribution in [1.29, 1.82) is 0 Å². The molecule has 2 N–H and O–H groups in total. The molecule has 0 aliphatic carbocycles. The summed E-state index contributed by atoms with van der Waals surface area (Å²) in [5.74, 6) is 1.63. The molecule has 1 atom stereocenters. The standard InChI is InChI=1S/C16H27NO/c1-6-14(8-7-9-17)16-11(2)10-15(18-5)12(3)13(16)4/h10,14H,6-9,17H2,1-5H3. The smallest absolute Gasteiger partial charge is 0.122 e. The van der Waals surface area contributed by atoms with Gasteiger partial charge >= 0.3 is 0 Å². The Kier molecular flexibility index (Phi) is 5.67. The van der Waals surface area contributed by atoms with Crippen LogP contribution in [-0.4, -0.2) is 13.7 Å². The van der Waals surface area contributed by atoms with Crippen molar-refractivity contribution in [2.75, 3.05) is 13.7 Å². The van der Waals surface area contributed by atoms with Gasteiger partial charge in [-0.15, -0.1) is 0 Å². The van der Waals surface area contributed by atoms with Crippen molar-refractivity contribution >= 4 is 0 Å². The summed E-state index contributed by atoms with van der Waals surface area (Å²) in [5.41, 5.74) is 11.1. The summed E-state index contributed by atoms with van der Waals surface area (Å²) in [6, 6.07) is 2.17. The Balaban J connectivity index is 3.18. The first-order valence-electron chi connectivity index (χ1n) is 6.91. The van der Waals surface area contributed by atoms with Gasteiger partial charge in [0, 0.05) is 0 Å². The molecule has 0 aliphatic rings. The molecule has 18 heavy (non-hydrogen) atoms. The van der Waals surface area contributed by atoms with E-state index in [-0.39, 0.29) is 0 Å². The molecule has 0 aromatic heterocycles. The highest BCUT2D eigenvalue weighted by Crippen LogP contribution is 2.35. The average Bonchev–Trinajstić information content (AvgIpc) is 2.37. The van der Waals surface area contributed by atoms with Crippen LogP contribution in [0.4, 0.5) is 0 Å². The maximum atomic E-state index is 5.64. The van der Waals surface area contributed by atoms with E-state index < -0.39 is 0 Å². The van der Waals surface area contributed by atoms with Gasteiger partial charge in [-0.2, -0.15) is 0 Å². The lowest BCUT2D eigenvalue weighted by Crippen LogP contribution is -2.08. The van der Waals surface area contributed by atoms with Gasteiger partial charge in [-0.05, 0) is 80.8 Å². The molecule has 1 rings (SSSR count). The number of aryl methyl sites for hydroxylation is 1. The minimum Gasteiger partial charge on any atom is -0.496 e. The average molecular weight is 249 g/mol. The highest BCUT2D eigenvalue weighted by molar-refractivity contribution is 5.49. The molecule has 0 amide bonds. The molecule has 0 spiro atoms. The van der Waals surface area contributed by atoms with E-state index in [2.05, 4.69) is 33.8 Å². The first kappa shape index (κ1) is 15.0. The zero-order valence-corrected chi connectivity index (χ0v) is 12.5. The predicted octanol–water partition coefficient (Wildman–Crippen LogP) is 3.85. The van der Waals surface area contributed by atoms with Gasteiger partial charge in [0.15, 0.2) is 0 Å². The number of rotatable bonds is 6. The van der Waals surface area contributed by atoms with Gasteiger partial charge in [0.25, 0.3) is 0 Å². The van der Waals surface area contributed by atoms with Gasteiger partial charge < -0.3 is 10.5 Å². The maximum Gasteiger partial charge on any atom is 0.122 e. The molecule has 0 saturated carbocycles. The zero-order valence-electron chi connectivity index (χ0n) is 12.5. The van der Waals surface area contributed by atoms with Crippen LogP contribution in [-0.2, 0) is 0 Å². The van der Waals surface area contributed by atoms with E-state index >= 15 is 0 Å². The number of methoxy groups -OCH3 is 1. The van der Waals surface area contributed by atoms with Gasteiger partial charge in [0.1, 0.15) is 5.75 Å². The van der Waals surface area contributed by atoms with E-state index in [1.165, 1.54) is 35.1 Å². The molecule has 0 fully saturated rings. The van der Waals surface area contributed by atoms with Crippen LogP contribution < -0.4 is 10.5 Å².